The van der Waals surface area contributed by atoms with E-state index in [2.05, 4.69) is 0 Å². The minimum absolute atomic E-state index is 0.168. The third-order valence-corrected chi connectivity index (χ3v) is 2.61. The molecule has 0 unspecified atom stereocenters. The van der Waals surface area contributed by atoms with Gasteiger partial charge in [-0.25, -0.2) is 0 Å². The van der Waals surface area contributed by atoms with E-state index in [0.717, 1.165) is 0 Å². The van der Waals surface area contributed by atoms with Crippen LogP contribution < -0.4 is 9.47 Å². The van der Waals surface area contributed by atoms with Crippen molar-refractivity contribution in [2.45, 2.75) is 20.3 Å². The first-order valence-corrected chi connectivity index (χ1v) is 6.05. The molecule has 0 amide bonds. The molecule has 0 aliphatic carbocycles. The molecule has 0 N–H and O–H groups in total. The Kier molecular flexibility index (Phi) is 5.36. The van der Waals surface area contributed by atoms with E-state index in [1.165, 1.54) is 14.2 Å². The normalized spacial score (nSPS) is 11.5. The standard InChI is InChI=1S/C14H19NO4/c1-10(2)8-12(15(16)17)9-11-6-5-7-13(18-3)14(11)19-4/h5-7,9-10H,8H2,1-4H3. The van der Waals surface area contributed by atoms with Crippen molar-refractivity contribution < 1.29 is 14.4 Å². The van der Waals surface area contributed by atoms with Crippen LogP contribution in [0.4, 0.5) is 0 Å². The quantitative estimate of drug-likeness (QED) is 0.584. The minimum Gasteiger partial charge on any atom is -0.493 e. The zero-order valence-electron chi connectivity index (χ0n) is 11.7. The number of methoxy groups -OCH3 is 2. The SMILES string of the molecule is COc1cccc(C=C(CC(C)C)[N+](=O)[O-])c1OC. The number of rotatable bonds is 6. The highest BCUT2D eigenvalue weighted by molar-refractivity contribution is 5.63. The molecule has 5 heteroatoms. The minimum atomic E-state index is -0.348. The fourth-order valence-corrected chi connectivity index (χ4v) is 1.81. The average Bonchev–Trinajstić information content (AvgIpc) is 2.36. The van der Waals surface area contributed by atoms with E-state index in [1.807, 2.05) is 13.8 Å². The van der Waals surface area contributed by atoms with Crippen molar-refractivity contribution in [1.82, 2.24) is 0 Å². The Hall–Kier alpha value is -2.04. The van der Waals surface area contributed by atoms with Crippen LogP contribution in [0.5, 0.6) is 11.5 Å². The predicted octanol–water partition coefficient (Wildman–Crippen LogP) is 3.37. The molecule has 104 valence electrons. The first-order chi connectivity index (χ1) is 8.99. The van der Waals surface area contributed by atoms with Crippen molar-refractivity contribution in [3.05, 3.63) is 39.6 Å². The number of nitro groups is 1. The Morgan fingerprint density at radius 2 is 2.05 bits per heavy atom. The molecular formula is C14H19NO4. The van der Waals surface area contributed by atoms with Crippen LogP contribution in [0.15, 0.2) is 23.9 Å². The van der Waals surface area contributed by atoms with Gasteiger partial charge in [-0.05, 0) is 12.0 Å². The van der Waals surface area contributed by atoms with Crippen molar-refractivity contribution in [2.24, 2.45) is 5.92 Å². The lowest BCUT2D eigenvalue weighted by Gasteiger charge is -2.10. The third-order valence-electron chi connectivity index (χ3n) is 2.61. The largest absolute Gasteiger partial charge is 0.493 e. The molecule has 1 rings (SSSR count). The summed E-state index contributed by atoms with van der Waals surface area (Å²) in [7, 11) is 3.05. The van der Waals surface area contributed by atoms with E-state index < -0.39 is 0 Å². The van der Waals surface area contributed by atoms with Gasteiger partial charge in [0, 0.05) is 18.1 Å². The highest BCUT2D eigenvalue weighted by Crippen LogP contribution is 2.32. The zero-order valence-corrected chi connectivity index (χ0v) is 11.7. The fraction of sp³-hybridized carbons (Fsp3) is 0.429. The molecule has 0 saturated heterocycles. The second kappa shape index (κ2) is 6.78. The second-order valence-electron chi connectivity index (χ2n) is 4.57. The van der Waals surface area contributed by atoms with Crippen LogP contribution >= 0.6 is 0 Å². The summed E-state index contributed by atoms with van der Waals surface area (Å²) in [4.78, 5) is 10.7. The van der Waals surface area contributed by atoms with Crippen LogP contribution in [0.3, 0.4) is 0 Å². The highest BCUT2D eigenvalue weighted by atomic mass is 16.6. The van der Waals surface area contributed by atoms with E-state index in [0.29, 0.717) is 23.5 Å². The Morgan fingerprint density at radius 3 is 2.53 bits per heavy atom. The molecule has 0 aliphatic heterocycles. The number of allylic oxidation sites excluding steroid dienone is 1. The monoisotopic (exact) mass is 265 g/mol. The van der Waals surface area contributed by atoms with Crippen molar-refractivity contribution in [3.8, 4) is 11.5 Å². The van der Waals surface area contributed by atoms with Gasteiger partial charge in [0.25, 0.3) is 0 Å². The highest BCUT2D eigenvalue weighted by Gasteiger charge is 2.16. The molecule has 0 radical (unpaired) electrons. The summed E-state index contributed by atoms with van der Waals surface area (Å²) in [5, 5.41) is 11.1. The van der Waals surface area contributed by atoms with E-state index in [4.69, 9.17) is 9.47 Å². The van der Waals surface area contributed by atoms with Crippen LogP contribution in [0.1, 0.15) is 25.8 Å². The van der Waals surface area contributed by atoms with Crippen molar-refractivity contribution in [3.63, 3.8) is 0 Å². The summed E-state index contributed by atoms with van der Waals surface area (Å²) in [6, 6.07) is 5.30. The molecule has 0 aromatic heterocycles. The molecule has 0 spiro atoms. The molecule has 0 atom stereocenters. The van der Waals surface area contributed by atoms with Gasteiger partial charge in [0.1, 0.15) is 0 Å². The van der Waals surface area contributed by atoms with Gasteiger partial charge < -0.3 is 9.47 Å². The number of hydrogen-bond acceptors (Lipinski definition) is 4. The lowest BCUT2D eigenvalue weighted by Crippen LogP contribution is -2.03. The summed E-state index contributed by atoms with van der Waals surface area (Å²) in [5.41, 5.74) is 0.816. The molecule has 19 heavy (non-hydrogen) atoms. The van der Waals surface area contributed by atoms with Gasteiger partial charge in [-0.1, -0.05) is 26.0 Å². The maximum atomic E-state index is 11.1. The van der Waals surface area contributed by atoms with Gasteiger partial charge in [0.2, 0.25) is 5.70 Å². The maximum Gasteiger partial charge on any atom is 0.247 e. The molecule has 1 aromatic rings. The van der Waals surface area contributed by atoms with E-state index >= 15 is 0 Å². The Bertz CT molecular complexity index is 480. The average molecular weight is 265 g/mol. The van der Waals surface area contributed by atoms with Gasteiger partial charge in [0.15, 0.2) is 11.5 Å². The maximum absolute atomic E-state index is 11.1. The first-order valence-electron chi connectivity index (χ1n) is 6.05. The van der Waals surface area contributed by atoms with Crippen LogP contribution in [-0.2, 0) is 0 Å². The predicted molar refractivity (Wildman–Crippen MR) is 74.0 cm³/mol. The number of hydrogen-bond donors (Lipinski definition) is 0. The van der Waals surface area contributed by atoms with Gasteiger partial charge in [-0.3, -0.25) is 10.1 Å². The van der Waals surface area contributed by atoms with Crippen molar-refractivity contribution in [2.75, 3.05) is 14.2 Å². The number of ether oxygens (including phenoxy) is 2. The van der Waals surface area contributed by atoms with Gasteiger partial charge >= 0.3 is 0 Å². The first kappa shape index (κ1) is 15.0. The Labute approximate surface area is 113 Å². The Balaban J connectivity index is 3.23. The molecule has 0 heterocycles. The van der Waals surface area contributed by atoms with E-state index in [9.17, 15) is 10.1 Å². The summed E-state index contributed by atoms with van der Waals surface area (Å²) >= 11 is 0. The van der Waals surface area contributed by atoms with E-state index in [-0.39, 0.29) is 16.5 Å². The second-order valence-corrected chi connectivity index (χ2v) is 4.57. The lowest BCUT2D eigenvalue weighted by molar-refractivity contribution is -0.427. The third kappa shape index (κ3) is 3.98. The molecule has 0 saturated carbocycles. The fourth-order valence-electron chi connectivity index (χ4n) is 1.81. The molecule has 0 fully saturated rings. The number of benzene rings is 1. The molecular weight excluding hydrogens is 246 g/mol. The lowest BCUT2D eigenvalue weighted by atomic mass is 10.1. The Morgan fingerprint density at radius 1 is 1.37 bits per heavy atom. The van der Waals surface area contributed by atoms with Crippen LogP contribution in [0.2, 0.25) is 0 Å². The van der Waals surface area contributed by atoms with Crippen LogP contribution in [0, 0.1) is 16.0 Å². The van der Waals surface area contributed by atoms with Crippen LogP contribution in [0.25, 0.3) is 6.08 Å². The van der Waals surface area contributed by atoms with E-state index in [1.54, 1.807) is 24.3 Å². The zero-order chi connectivity index (χ0) is 14.4. The van der Waals surface area contributed by atoms with Crippen molar-refractivity contribution in [1.29, 1.82) is 0 Å². The number of para-hydroxylation sites is 1. The summed E-state index contributed by atoms with van der Waals surface area (Å²) in [6.45, 7) is 3.89. The molecule has 5 nitrogen and oxygen atoms in total. The summed E-state index contributed by atoms with van der Waals surface area (Å²) in [5.74, 6) is 1.28. The molecule has 0 bridgehead atoms. The van der Waals surface area contributed by atoms with Crippen LogP contribution in [-0.4, -0.2) is 19.1 Å². The smallest absolute Gasteiger partial charge is 0.247 e. The molecule has 1 aromatic carbocycles. The summed E-state index contributed by atoms with van der Waals surface area (Å²) in [6.07, 6.45) is 1.95. The number of nitrogens with zero attached hydrogens (tertiary/aromatic N) is 1. The van der Waals surface area contributed by atoms with Gasteiger partial charge in [-0.15, -0.1) is 0 Å². The van der Waals surface area contributed by atoms with Gasteiger partial charge in [-0.2, -0.15) is 0 Å². The van der Waals surface area contributed by atoms with Gasteiger partial charge in [0.05, 0.1) is 19.1 Å². The molecule has 0 aliphatic rings. The topological polar surface area (TPSA) is 61.6 Å². The van der Waals surface area contributed by atoms with Crippen molar-refractivity contribution >= 4 is 6.08 Å². The summed E-state index contributed by atoms with van der Waals surface area (Å²) < 4.78 is 10.4.